The number of anilines is 1. The minimum absolute atomic E-state index is 0.0798. The van der Waals surface area contributed by atoms with Gasteiger partial charge < -0.3 is 10.6 Å². The molecule has 21 heavy (non-hydrogen) atoms. The first-order valence-corrected chi connectivity index (χ1v) is 8.22. The molecule has 0 aliphatic heterocycles. The highest BCUT2D eigenvalue weighted by Crippen LogP contribution is 2.22. The van der Waals surface area contributed by atoms with Crippen molar-refractivity contribution in [3.05, 3.63) is 64.1 Å². The summed E-state index contributed by atoms with van der Waals surface area (Å²) in [4.78, 5) is 2.40. The molecule has 2 aromatic carbocycles. The van der Waals surface area contributed by atoms with Gasteiger partial charge in [0, 0.05) is 29.3 Å². The number of hydrogen-bond donors (Lipinski definition) is 1. The SMILES string of the molecule is CCN(CCC(N)c1ccc(Br)cc1)c1ccccc1C. The molecule has 0 spiro atoms. The van der Waals surface area contributed by atoms with E-state index in [2.05, 4.69) is 71.1 Å². The fourth-order valence-electron chi connectivity index (χ4n) is 2.54. The third-order valence-electron chi connectivity index (χ3n) is 3.85. The first-order chi connectivity index (χ1) is 10.1. The number of hydrogen-bond acceptors (Lipinski definition) is 2. The van der Waals surface area contributed by atoms with E-state index < -0.39 is 0 Å². The molecule has 2 aromatic rings. The molecule has 112 valence electrons. The minimum Gasteiger partial charge on any atom is -0.372 e. The van der Waals surface area contributed by atoms with Crippen LogP contribution in [-0.2, 0) is 0 Å². The summed E-state index contributed by atoms with van der Waals surface area (Å²) in [5.41, 5.74) is 10.1. The Hall–Kier alpha value is -1.32. The van der Waals surface area contributed by atoms with Gasteiger partial charge in [0.15, 0.2) is 0 Å². The zero-order valence-corrected chi connectivity index (χ0v) is 14.3. The van der Waals surface area contributed by atoms with Crippen LogP contribution < -0.4 is 10.6 Å². The van der Waals surface area contributed by atoms with Crippen molar-refractivity contribution in [1.82, 2.24) is 0 Å². The Labute approximate surface area is 136 Å². The summed E-state index contributed by atoms with van der Waals surface area (Å²) in [6.07, 6.45) is 0.948. The highest BCUT2D eigenvalue weighted by atomic mass is 79.9. The Morgan fingerprint density at radius 3 is 2.38 bits per heavy atom. The summed E-state index contributed by atoms with van der Waals surface area (Å²) < 4.78 is 1.09. The number of halogens is 1. The van der Waals surface area contributed by atoms with E-state index in [-0.39, 0.29) is 6.04 Å². The smallest absolute Gasteiger partial charge is 0.0395 e. The Balaban J connectivity index is 2.00. The van der Waals surface area contributed by atoms with Crippen LogP contribution in [0.3, 0.4) is 0 Å². The van der Waals surface area contributed by atoms with E-state index in [1.807, 2.05) is 12.1 Å². The van der Waals surface area contributed by atoms with Gasteiger partial charge in [-0.15, -0.1) is 0 Å². The van der Waals surface area contributed by atoms with Crippen molar-refractivity contribution in [2.24, 2.45) is 5.73 Å². The maximum atomic E-state index is 6.32. The van der Waals surface area contributed by atoms with Gasteiger partial charge in [0.05, 0.1) is 0 Å². The Kier molecular flexibility index (Phi) is 5.83. The molecule has 0 amide bonds. The number of benzene rings is 2. The molecular formula is C18H23BrN2. The van der Waals surface area contributed by atoms with Gasteiger partial charge in [-0.1, -0.05) is 46.3 Å². The lowest BCUT2D eigenvalue weighted by Crippen LogP contribution is -2.27. The zero-order valence-electron chi connectivity index (χ0n) is 12.7. The monoisotopic (exact) mass is 346 g/mol. The van der Waals surface area contributed by atoms with Crippen LogP contribution in [0.1, 0.15) is 30.5 Å². The summed E-state index contributed by atoms with van der Waals surface area (Å²) in [6.45, 7) is 6.32. The summed E-state index contributed by atoms with van der Waals surface area (Å²) in [6, 6.07) is 16.9. The molecule has 1 atom stereocenters. The van der Waals surface area contributed by atoms with Crippen molar-refractivity contribution in [2.45, 2.75) is 26.3 Å². The third-order valence-corrected chi connectivity index (χ3v) is 4.37. The van der Waals surface area contributed by atoms with Crippen LogP contribution in [0.5, 0.6) is 0 Å². The number of rotatable bonds is 6. The van der Waals surface area contributed by atoms with Crippen molar-refractivity contribution in [1.29, 1.82) is 0 Å². The number of para-hydroxylation sites is 1. The largest absolute Gasteiger partial charge is 0.372 e. The van der Waals surface area contributed by atoms with Crippen LogP contribution in [0.4, 0.5) is 5.69 Å². The molecule has 2 rings (SSSR count). The maximum Gasteiger partial charge on any atom is 0.0395 e. The third kappa shape index (κ3) is 4.32. The summed E-state index contributed by atoms with van der Waals surface area (Å²) in [7, 11) is 0. The molecule has 0 saturated carbocycles. The second-order valence-corrected chi connectivity index (χ2v) is 6.23. The second-order valence-electron chi connectivity index (χ2n) is 5.31. The van der Waals surface area contributed by atoms with E-state index >= 15 is 0 Å². The molecule has 0 aliphatic carbocycles. The van der Waals surface area contributed by atoms with Gasteiger partial charge in [0.1, 0.15) is 0 Å². The summed E-state index contributed by atoms with van der Waals surface area (Å²) in [5.74, 6) is 0. The van der Waals surface area contributed by atoms with E-state index in [4.69, 9.17) is 5.73 Å². The second kappa shape index (κ2) is 7.62. The summed E-state index contributed by atoms with van der Waals surface area (Å²) >= 11 is 3.46. The highest BCUT2D eigenvalue weighted by molar-refractivity contribution is 9.10. The number of aryl methyl sites for hydroxylation is 1. The van der Waals surface area contributed by atoms with Crippen molar-refractivity contribution in [2.75, 3.05) is 18.0 Å². The van der Waals surface area contributed by atoms with Gasteiger partial charge in [-0.05, 0) is 49.6 Å². The Morgan fingerprint density at radius 2 is 1.76 bits per heavy atom. The molecule has 0 saturated heterocycles. The molecule has 0 aromatic heterocycles. The van der Waals surface area contributed by atoms with Crippen LogP contribution in [-0.4, -0.2) is 13.1 Å². The lowest BCUT2D eigenvalue weighted by Gasteiger charge is -2.26. The number of nitrogens with zero attached hydrogens (tertiary/aromatic N) is 1. The fourth-order valence-corrected chi connectivity index (χ4v) is 2.80. The molecular weight excluding hydrogens is 324 g/mol. The van der Waals surface area contributed by atoms with E-state index in [0.29, 0.717) is 0 Å². The van der Waals surface area contributed by atoms with Crippen molar-refractivity contribution < 1.29 is 0 Å². The van der Waals surface area contributed by atoms with Gasteiger partial charge in [-0.25, -0.2) is 0 Å². The van der Waals surface area contributed by atoms with Crippen molar-refractivity contribution in [3.8, 4) is 0 Å². The van der Waals surface area contributed by atoms with Crippen LogP contribution in [0.2, 0.25) is 0 Å². The lowest BCUT2D eigenvalue weighted by molar-refractivity contribution is 0.631. The molecule has 0 radical (unpaired) electrons. The van der Waals surface area contributed by atoms with E-state index in [9.17, 15) is 0 Å². The van der Waals surface area contributed by atoms with E-state index in [1.54, 1.807) is 0 Å². The predicted molar refractivity (Wildman–Crippen MR) is 94.8 cm³/mol. The zero-order chi connectivity index (χ0) is 15.2. The topological polar surface area (TPSA) is 29.3 Å². The van der Waals surface area contributed by atoms with Crippen molar-refractivity contribution >= 4 is 21.6 Å². The van der Waals surface area contributed by atoms with Crippen LogP contribution in [0, 0.1) is 6.92 Å². The Bertz CT molecular complexity index is 566. The highest BCUT2D eigenvalue weighted by Gasteiger charge is 2.11. The predicted octanol–water partition coefficient (Wildman–Crippen LogP) is 4.67. The first-order valence-electron chi connectivity index (χ1n) is 7.43. The quantitative estimate of drug-likeness (QED) is 0.823. The van der Waals surface area contributed by atoms with Gasteiger partial charge in [-0.3, -0.25) is 0 Å². The molecule has 3 heteroatoms. The molecule has 2 nitrogen and oxygen atoms in total. The molecule has 2 N–H and O–H groups in total. The molecule has 0 aliphatic rings. The number of nitrogens with two attached hydrogens (primary N) is 1. The average Bonchev–Trinajstić information content (AvgIpc) is 2.50. The summed E-state index contributed by atoms with van der Waals surface area (Å²) in [5, 5.41) is 0. The fraction of sp³-hybridized carbons (Fsp3) is 0.333. The Morgan fingerprint density at radius 1 is 1.10 bits per heavy atom. The normalized spacial score (nSPS) is 12.2. The molecule has 0 bridgehead atoms. The van der Waals surface area contributed by atoms with Crippen LogP contribution in [0.25, 0.3) is 0 Å². The van der Waals surface area contributed by atoms with Gasteiger partial charge in [-0.2, -0.15) is 0 Å². The average molecular weight is 347 g/mol. The molecule has 1 unspecified atom stereocenters. The maximum absolute atomic E-state index is 6.32. The standard InChI is InChI=1S/C18H23BrN2/c1-3-21(18-7-5-4-6-14(18)2)13-12-17(20)15-8-10-16(19)11-9-15/h4-11,17H,3,12-13,20H2,1-2H3. The lowest BCUT2D eigenvalue weighted by atomic mass is 10.0. The van der Waals surface area contributed by atoms with Gasteiger partial charge in [0.25, 0.3) is 0 Å². The van der Waals surface area contributed by atoms with Crippen molar-refractivity contribution in [3.63, 3.8) is 0 Å². The molecule has 0 heterocycles. The van der Waals surface area contributed by atoms with Crippen LogP contribution >= 0.6 is 15.9 Å². The molecule has 0 fully saturated rings. The van der Waals surface area contributed by atoms with E-state index in [0.717, 1.165) is 24.0 Å². The van der Waals surface area contributed by atoms with E-state index in [1.165, 1.54) is 16.8 Å². The van der Waals surface area contributed by atoms with Gasteiger partial charge >= 0.3 is 0 Å². The first kappa shape index (κ1) is 16.1. The van der Waals surface area contributed by atoms with Crippen LogP contribution in [0.15, 0.2) is 53.0 Å². The minimum atomic E-state index is 0.0798. The van der Waals surface area contributed by atoms with Gasteiger partial charge in [0.2, 0.25) is 0 Å².